The van der Waals surface area contributed by atoms with Crippen LogP contribution in [0.5, 0.6) is 0 Å². The first-order valence-corrected chi connectivity index (χ1v) is 11.5. The molecule has 5 rings (SSSR count). The van der Waals surface area contributed by atoms with Crippen molar-refractivity contribution in [2.45, 2.75) is 18.5 Å². The normalized spacial score (nSPS) is 15.8. The maximum Gasteiger partial charge on any atom is 0.257 e. The lowest BCUT2D eigenvalue weighted by atomic mass is 9.99. The number of thiophene rings is 1. The fourth-order valence-electron chi connectivity index (χ4n) is 4.02. The van der Waals surface area contributed by atoms with Crippen LogP contribution in [0.3, 0.4) is 0 Å². The van der Waals surface area contributed by atoms with Gasteiger partial charge in [-0.2, -0.15) is 5.10 Å². The summed E-state index contributed by atoms with van der Waals surface area (Å²) >= 11 is 1.63. The Labute approximate surface area is 191 Å². The maximum absolute atomic E-state index is 13.4. The number of amides is 1. The summed E-state index contributed by atoms with van der Waals surface area (Å²) in [5.41, 5.74) is 3.13. The Hall–Kier alpha value is -3.48. The number of carbonyl (C=O) groups is 1. The van der Waals surface area contributed by atoms with E-state index >= 15 is 0 Å². The van der Waals surface area contributed by atoms with Gasteiger partial charge in [-0.1, -0.05) is 66.7 Å². The summed E-state index contributed by atoms with van der Waals surface area (Å²) in [6.45, 7) is 0.160. The predicted molar refractivity (Wildman–Crippen MR) is 126 cm³/mol. The van der Waals surface area contributed by atoms with Crippen molar-refractivity contribution in [1.29, 1.82) is 0 Å². The average molecular weight is 442 g/mol. The van der Waals surface area contributed by atoms with E-state index in [1.165, 1.54) is 0 Å². The van der Waals surface area contributed by atoms with Crippen molar-refractivity contribution in [2.75, 3.05) is 6.54 Å². The maximum atomic E-state index is 13.4. The molecular formula is C26H23N3O2S. The molecule has 5 nitrogen and oxygen atoms in total. The van der Waals surface area contributed by atoms with Crippen molar-refractivity contribution in [3.63, 3.8) is 0 Å². The molecule has 2 aromatic heterocycles. The number of hydrogen-bond donors (Lipinski definition) is 1. The summed E-state index contributed by atoms with van der Waals surface area (Å²) in [6, 6.07) is 27.8. The zero-order valence-electron chi connectivity index (χ0n) is 17.4. The molecular weight excluding hydrogens is 418 g/mol. The van der Waals surface area contributed by atoms with Gasteiger partial charge in [-0.25, -0.2) is 5.01 Å². The second-order valence-electron chi connectivity index (χ2n) is 7.63. The summed E-state index contributed by atoms with van der Waals surface area (Å²) in [5.74, 6) is 0.658. The molecule has 6 heteroatoms. The number of hydrogen-bond acceptors (Lipinski definition) is 5. The fraction of sp³-hybridized carbons (Fsp3) is 0.154. The number of nitrogens with zero attached hydrogens (tertiary/aromatic N) is 2. The van der Waals surface area contributed by atoms with Gasteiger partial charge in [0.25, 0.3) is 5.91 Å². The summed E-state index contributed by atoms with van der Waals surface area (Å²) in [7, 11) is 0. The highest BCUT2D eigenvalue weighted by Gasteiger charge is 2.35. The van der Waals surface area contributed by atoms with Crippen LogP contribution in [0.4, 0.5) is 0 Å². The van der Waals surface area contributed by atoms with Crippen LogP contribution in [-0.4, -0.2) is 23.2 Å². The van der Waals surface area contributed by atoms with Gasteiger partial charge in [0.2, 0.25) is 0 Å². The molecule has 0 radical (unpaired) electrons. The highest BCUT2D eigenvalue weighted by atomic mass is 32.1. The molecule has 0 saturated carbocycles. The van der Waals surface area contributed by atoms with Crippen LogP contribution in [-0.2, 0) is 4.79 Å². The van der Waals surface area contributed by atoms with Gasteiger partial charge in [0, 0.05) is 6.42 Å². The Balaban J connectivity index is 1.38. The number of nitrogens with one attached hydrogen (secondary N) is 1. The van der Waals surface area contributed by atoms with Gasteiger partial charge >= 0.3 is 0 Å². The molecule has 1 aliphatic heterocycles. The molecule has 4 aromatic rings. The minimum absolute atomic E-state index is 0.0881. The van der Waals surface area contributed by atoms with Gasteiger partial charge in [-0.3, -0.25) is 10.1 Å². The first-order valence-electron chi connectivity index (χ1n) is 10.6. The summed E-state index contributed by atoms with van der Waals surface area (Å²) in [5, 5.41) is 11.8. The molecule has 0 spiro atoms. The van der Waals surface area contributed by atoms with Crippen LogP contribution in [0, 0.1) is 0 Å². The molecule has 3 heterocycles. The monoisotopic (exact) mass is 441 g/mol. The van der Waals surface area contributed by atoms with Crippen molar-refractivity contribution >= 4 is 23.0 Å². The molecule has 1 unspecified atom stereocenters. The standard InChI is InChI=1S/C26H23N3O2S/c30-25(18-27-26(19-9-3-1-4-10-19)20-11-5-2-6-12-20)29-22(23-13-7-15-31-23)17-21(28-29)24-14-8-16-32-24/h1-16,22,26-27H,17-18H2. The zero-order valence-corrected chi connectivity index (χ0v) is 18.2. The van der Waals surface area contributed by atoms with Crippen molar-refractivity contribution < 1.29 is 9.21 Å². The van der Waals surface area contributed by atoms with Gasteiger partial charge < -0.3 is 4.42 Å². The average Bonchev–Trinajstić information content (AvgIpc) is 3.62. The number of hydrazone groups is 1. The van der Waals surface area contributed by atoms with E-state index in [1.807, 2.05) is 66.0 Å². The lowest BCUT2D eigenvalue weighted by molar-refractivity contribution is -0.132. The van der Waals surface area contributed by atoms with Gasteiger partial charge in [-0.15, -0.1) is 11.3 Å². The molecule has 2 aromatic carbocycles. The second-order valence-corrected chi connectivity index (χ2v) is 8.58. The van der Waals surface area contributed by atoms with E-state index in [1.54, 1.807) is 22.6 Å². The van der Waals surface area contributed by atoms with E-state index in [-0.39, 0.29) is 24.5 Å². The van der Waals surface area contributed by atoms with E-state index in [4.69, 9.17) is 9.52 Å². The van der Waals surface area contributed by atoms with E-state index in [0.717, 1.165) is 27.5 Å². The van der Waals surface area contributed by atoms with E-state index in [2.05, 4.69) is 29.6 Å². The quantitative estimate of drug-likeness (QED) is 0.418. The smallest absolute Gasteiger partial charge is 0.257 e. The van der Waals surface area contributed by atoms with E-state index < -0.39 is 0 Å². The molecule has 0 aliphatic carbocycles. The third-order valence-electron chi connectivity index (χ3n) is 5.57. The molecule has 160 valence electrons. The zero-order chi connectivity index (χ0) is 21.8. The van der Waals surface area contributed by atoms with Crippen molar-refractivity contribution in [3.8, 4) is 0 Å². The van der Waals surface area contributed by atoms with Crippen LogP contribution in [0.2, 0.25) is 0 Å². The third-order valence-corrected chi connectivity index (χ3v) is 6.49. The predicted octanol–water partition coefficient (Wildman–Crippen LogP) is 5.40. The van der Waals surface area contributed by atoms with E-state index in [9.17, 15) is 4.79 Å². The number of furan rings is 1. The fourth-order valence-corrected chi connectivity index (χ4v) is 4.74. The Morgan fingerprint density at radius 1 is 1.00 bits per heavy atom. The first kappa shape index (κ1) is 20.4. The third kappa shape index (κ3) is 4.28. The topological polar surface area (TPSA) is 57.8 Å². The molecule has 1 N–H and O–H groups in total. The molecule has 1 aliphatic rings. The van der Waals surface area contributed by atoms with Gasteiger partial charge in [0.05, 0.1) is 29.4 Å². The van der Waals surface area contributed by atoms with Gasteiger partial charge in [0.1, 0.15) is 11.8 Å². The van der Waals surface area contributed by atoms with Crippen molar-refractivity contribution in [3.05, 3.63) is 118 Å². The molecule has 1 amide bonds. The molecule has 1 atom stereocenters. The molecule has 0 saturated heterocycles. The molecule has 32 heavy (non-hydrogen) atoms. The highest BCUT2D eigenvalue weighted by Crippen LogP contribution is 2.34. The summed E-state index contributed by atoms with van der Waals surface area (Å²) in [6.07, 6.45) is 2.28. The Morgan fingerprint density at radius 2 is 1.72 bits per heavy atom. The van der Waals surface area contributed by atoms with Crippen LogP contribution < -0.4 is 5.32 Å². The largest absolute Gasteiger partial charge is 0.467 e. The van der Waals surface area contributed by atoms with Crippen molar-refractivity contribution in [2.24, 2.45) is 5.10 Å². The first-order chi connectivity index (χ1) is 15.8. The molecule has 0 bridgehead atoms. The Kier molecular flexibility index (Phi) is 5.96. The molecule has 0 fully saturated rings. The summed E-state index contributed by atoms with van der Waals surface area (Å²) in [4.78, 5) is 14.4. The van der Waals surface area contributed by atoms with Gasteiger partial charge in [0.15, 0.2) is 0 Å². The number of carbonyl (C=O) groups excluding carboxylic acids is 1. The lowest BCUT2D eigenvalue weighted by Gasteiger charge is -2.23. The van der Waals surface area contributed by atoms with Crippen LogP contribution in [0.15, 0.2) is 106 Å². The van der Waals surface area contributed by atoms with Crippen LogP contribution in [0.1, 0.15) is 40.3 Å². The minimum atomic E-state index is -0.233. The number of benzene rings is 2. The lowest BCUT2D eigenvalue weighted by Crippen LogP contribution is -2.37. The second kappa shape index (κ2) is 9.34. The Bertz CT molecular complexity index is 1130. The van der Waals surface area contributed by atoms with Crippen LogP contribution >= 0.6 is 11.3 Å². The highest BCUT2D eigenvalue weighted by molar-refractivity contribution is 7.12. The van der Waals surface area contributed by atoms with Crippen molar-refractivity contribution in [1.82, 2.24) is 10.3 Å². The van der Waals surface area contributed by atoms with E-state index in [0.29, 0.717) is 6.42 Å². The number of rotatable bonds is 7. The minimum Gasteiger partial charge on any atom is -0.467 e. The Morgan fingerprint density at radius 3 is 2.31 bits per heavy atom. The summed E-state index contributed by atoms with van der Waals surface area (Å²) < 4.78 is 5.64. The van der Waals surface area contributed by atoms with Gasteiger partial charge in [-0.05, 0) is 34.7 Å². The SMILES string of the molecule is O=C(CNC(c1ccccc1)c1ccccc1)N1N=C(c2cccs2)CC1c1ccco1. The van der Waals surface area contributed by atoms with Crippen LogP contribution in [0.25, 0.3) is 0 Å².